The van der Waals surface area contributed by atoms with Gasteiger partial charge in [0.05, 0.1) is 0 Å². The number of nitrogens with zero attached hydrogens (tertiary/aromatic N) is 2. The molecule has 0 amide bonds. The predicted molar refractivity (Wildman–Crippen MR) is 77.6 cm³/mol. The van der Waals surface area contributed by atoms with Crippen LogP contribution in [0, 0.1) is 0 Å². The first-order valence-corrected chi connectivity index (χ1v) is 7.35. The lowest BCUT2D eigenvalue weighted by Gasteiger charge is -2.18. The molecule has 1 aromatic rings. The third-order valence-electron chi connectivity index (χ3n) is 3.73. The van der Waals surface area contributed by atoms with Gasteiger partial charge in [0, 0.05) is 6.20 Å². The molecule has 12 heteroatoms. The topological polar surface area (TPSA) is 164 Å². The van der Waals surface area contributed by atoms with E-state index in [2.05, 4.69) is 4.98 Å². The Balaban J connectivity index is 1.80. The maximum atomic E-state index is 12.1. The van der Waals surface area contributed by atoms with Crippen LogP contribution in [0.5, 0.6) is 0 Å². The van der Waals surface area contributed by atoms with E-state index in [-0.39, 0.29) is 12.4 Å². The quantitative estimate of drug-likeness (QED) is 0.426. The van der Waals surface area contributed by atoms with Crippen LogP contribution in [0.15, 0.2) is 17.1 Å². The number of carbonyl (C=O) groups excluding carboxylic acids is 2. The molecule has 0 saturated carbocycles. The van der Waals surface area contributed by atoms with Crippen LogP contribution in [-0.2, 0) is 23.7 Å². The van der Waals surface area contributed by atoms with Gasteiger partial charge in [-0.05, 0) is 13.0 Å². The van der Waals surface area contributed by atoms with E-state index < -0.39 is 48.4 Å². The fourth-order valence-corrected chi connectivity index (χ4v) is 2.55. The predicted octanol–water partition coefficient (Wildman–Crippen LogP) is -1.26. The third-order valence-corrected chi connectivity index (χ3v) is 3.73. The van der Waals surface area contributed by atoms with E-state index in [0.29, 0.717) is 0 Å². The molecule has 2 saturated heterocycles. The molecule has 0 unspecified atom stereocenters. The zero-order valence-electron chi connectivity index (χ0n) is 13.0. The van der Waals surface area contributed by atoms with E-state index in [1.807, 2.05) is 0 Å². The Hall–Kier alpha value is -2.70. The molecule has 5 atom stereocenters. The Morgan fingerprint density at radius 3 is 2.84 bits per heavy atom. The normalized spacial score (nSPS) is 28.7. The van der Waals surface area contributed by atoms with Crippen molar-refractivity contribution in [2.24, 2.45) is 5.73 Å². The monoisotopic (exact) mass is 356 g/mol. The molecule has 0 bridgehead atoms. The maximum absolute atomic E-state index is 12.1. The highest BCUT2D eigenvalue weighted by atomic mass is 16.8. The van der Waals surface area contributed by atoms with Gasteiger partial charge in [-0.2, -0.15) is 4.98 Å². The van der Waals surface area contributed by atoms with E-state index in [1.54, 1.807) is 5.48 Å². The van der Waals surface area contributed by atoms with Gasteiger partial charge in [-0.3, -0.25) is 20.0 Å². The van der Waals surface area contributed by atoms with E-state index in [0.717, 1.165) is 4.57 Å². The number of anilines is 1. The number of hydrogen-bond acceptors (Lipinski definition) is 11. The van der Waals surface area contributed by atoms with E-state index in [4.69, 9.17) is 29.9 Å². The number of nitrogens with two attached hydrogens (primary N) is 1. The van der Waals surface area contributed by atoms with Crippen LogP contribution in [-0.4, -0.2) is 57.8 Å². The number of carbonyl (C=O) groups is 2. The van der Waals surface area contributed by atoms with Gasteiger partial charge in [-0.15, -0.1) is 0 Å². The lowest BCUT2D eigenvalue weighted by Crippen LogP contribution is -2.36. The Labute approximate surface area is 140 Å². The molecule has 0 aliphatic carbocycles. The van der Waals surface area contributed by atoms with E-state index in [1.165, 1.54) is 19.2 Å². The molecule has 3 rings (SSSR count). The van der Waals surface area contributed by atoms with Crippen LogP contribution in [0.1, 0.15) is 13.2 Å². The molecule has 1 aromatic heterocycles. The first-order valence-electron chi connectivity index (χ1n) is 7.35. The molecule has 0 radical (unpaired) electrons. The molecular formula is C13H16N4O8. The molecule has 0 aromatic carbocycles. The number of hydrogen-bond donors (Lipinski definition) is 3. The van der Waals surface area contributed by atoms with Crippen LogP contribution in [0.4, 0.5) is 10.6 Å². The number of fused-ring (bicyclic) bond motifs is 1. The SMILES string of the molecule is C[C@H](N)C(=O)OC[C@H]1O[C@@H](n2ccc(NO)nc2=O)[C@@H]2OC(=O)O[C@@H]21. The van der Waals surface area contributed by atoms with Gasteiger partial charge in [-0.25, -0.2) is 9.59 Å². The summed E-state index contributed by atoms with van der Waals surface area (Å²) in [5, 5.41) is 8.77. The second-order valence-corrected chi connectivity index (χ2v) is 5.51. The number of aromatic nitrogens is 2. The van der Waals surface area contributed by atoms with Gasteiger partial charge >= 0.3 is 17.8 Å². The fraction of sp³-hybridized carbons (Fsp3) is 0.538. The van der Waals surface area contributed by atoms with Crippen molar-refractivity contribution in [2.75, 3.05) is 12.1 Å². The minimum atomic E-state index is -1.02. The molecule has 136 valence electrons. The van der Waals surface area contributed by atoms with Crippen LogP contribution < -0.4 is 16.9 Å². The lowest BCUT2D eigenvalue weighted by molar-refractivity contribution is -0.151. The van der Waals surface area contributed by atoms with E-state index in [9.17, 15) is 14.4 Å². The summed E-state index contributed by atoms with van der Waals surface area (Å²) >= 11 is 0. The van der Waals surface area contributed by atoms with Crippen LogP contribution in [0.2, 0.25) is 0 Å². The highest BCUT2D eigenvalue weighted by Gasteiger charge is 2.55. The molecule has 2 aliphatic heterocycles. The second-order valence-electron chi connectivity index (χ2n) is 5.51. The van der Waals surface area contributed by atoms with Gasteiger partial charge in [0.25, 0.3) is 0 Å². The van der Waals surface area contributed by atoms with Crippen molar-refractivity contribution in [2.45, 2.75) is 37.5 Å². The summed E-state index contributed by atoms with van der Waals surface area (Å²) < 4.78 is 21.8. The maximum Gasteiger partial charge on any atom is 0.509 e. The van der Waals surface area contributed by atoms with Crippen LogP contribution in [0.3, 0.4) is 0 Å². The van der Waals surface area contributed by atoms with Gasteiger partial charge in [0.1, 0.15) is 18.8 Å². The minimum absolute atomic E-state index is 0.0575. The zero-order chi connectivity index (χ0) is 18.1. The Morgan fingerprint density at radius 2 is 2.20 bits per heavy atom. The lowest BCUT2D eigenvalue weighted by atomic mass is 10.1. The van der Waals surface area contributed by atoms with Crippen molar-refractivity contribution in [3.8, 4) is 0 Å². The van der Waals surface area contributed by atoms with Crippen molar-refractivity contribution < 1.29 is 33.7 Å². The molecule has 25 heavy (non-hydrogen) atoms. The van der Waals surface area contributed by atoms with Gasteiger partial charge < -0.3 is 24.7 Å². The molecule has 2 aliphatic rings. The first kappa shape index (κ1) is 17.1. The Kier molecular flexibility index (Phi) is 4.57. The Bertz CT molecular complexity index is 735. The van der Waals surface area contributed by atoms with E-state index >= 15 is 0 Å². The third kappa shape index (κ3) is 3.26. The van der Waals surface area contributed by atoms with Gasteiger partial charge in [0.15, 0.2) is 24.3 Å². The summed E-state index contributed by atoms with van der Waals surface area (Å²) in [4.78, 5) is 38.6. The minimum Gasteiger partial charge on any atom is -0.462 e. The van der Waals surface area contributed by atoms with Crippen molar-refractivity contribution in [3.63, 3.8) is 0 Å². The summed E-state index contributed by atoms with van der Waals surface area (Å²) in [6.45, 7) is 1.23. The van der Waals surface area contributed by atoms with Gasteiger partial charge in [0.2, 0.25) is 0 Å². The molecule has 0 spiro atoms. The second kappa shape index (κ2) is 6.66. The average molecular weight is 356 g/mol. The van der Waals surface area contributed by atoms with Crippen molar-refractivity contribution in [1.29, 1.82) is 0 Å². The van der Waals surface area contributed by atoms with Gasteiger partial charge in [-0.1, -0.05) is 0 Å². The zero-order valence-corrected chi connectivity index (χ0v) is 13.0. The summed E-state index contributed by atoms with van der Waals surface area (Å²) in [6, 6.07) is 0.502. The largest absolute Gasteiger partial charge is 0.509 e. The van der Waals surface area contributed by atoms with Crippen LogP contribution in [0.25, 0.3) is 0 Å². The smallest absolute Gasteiger partial charge is 0.462 e. The number of ether oxygens (including phenoxy) is 4. The molecule has 3 heterocycles. The van der Waals surface area contributed by atoms with Crippen LogP contribution >= 0.6 is 0 Å². The summed E-state index contributed by atoms with van der Waals surface area (Å²) in [7, 11) is 0. The summed E-state index contributed by atoms with van der Waals surface area (Å²) in [5.41, 5.74) is 6.41. The van der Waals surface area contributed by atoms with Crippen molar-refractivity contribution in [1.82, 2.24) is 9.55 Å². The van der Waals surface area contributed by atoms with Crippen molar-refractivity contribution in [3.05, 3.63) is 22.7 Å². The standard InChI is InChI=1S/C13H16N4O8/c1-5(14)11(18)22-4-6-8-9(25-13(20)24-8)10(23-6)17-3-2-7(16-21)15-12(17)19/h2-3,5-6,8-10,21H,4,14H2,1H3,(H,15,16,19)/t5-,6+,8+,9+,10+/m0/s1. The number of esters is 1. The first-order chi connectivity index (χ1) is 11.9. The number of rotatable bonds is 5. The molecule has 2 fully saturated rings. The highest BCUT2D eigenvalue weighted by molar-refractivity contribution is 5.74. The number of nitrogens with one attached hydrogen (secondary N) is 1. The average Bonchev–Trinajstić information content (AvgIpc) is 3.10. The molecule has 12 nitrogen and oxygen atoms in total. The summed E-state index contributed by atoms with van der Waals surface area (Å²) in [6.07, 6.45) is -3.26. The molecular weight excluding hydrogens is 340 g/mol. The molecule has 4 N–H and O–H groups in total. The Morgan fingerprint density at radius 1 is 1.48 bits per heavy atom. The van der Waals surface area contributed by atoms with Crippen molar-refractivity contribution >= 4 is 17.9 Å². The summed E-state index contributed by atoms with van der Waals surface area (Å²) in [5.74, 6) is -0.705. The fourth-order valence-electron chi connectivity index (χ4n) is 2.55. The highest BCUT2D eigenvalue weighted by Crippen LogP contribution is 2.37.